The van der Waals surface area contributed by atoms with Gasteiger partial charge in [0.25, 0.3) is 0 Å². The van der Waals surface area contributed by atoms with E-state index in [4.69, 9.17) is 0 Å². The first kappa shape index (κ1) is 73.7. The first-order valence-corrected chi connectivity index (χ1v) is 32.2. The van der Waals surface area contributed by atoms with Gasteiger partial charge in [0.1, 0.15) is 0 Å². The average molecular weight is 1040 g/mol. The molecule has 0 spiro atoms. The summed E-state index contributed by atoms with van der Waals surface area (Å²) in [6.45, 7) is 8.99. The van der Waals surface area contributed by atoms with E-state index in [0.717, 1.165) is 38.5 Å². The van der Waals surface area contributed by atoms with E-state index >= 15 is 0 Å². The third-order valence-electron chi connectivity index (χ3n) is 13.5. The molecule has 0 rings (SSSR count). The summed E-state index contributed by atoms with van der Waals surface area (Å²) >= 11 is 0. The van der Waals surface area contributed by atoms with Crippen LogP contribution >= 0.6 is 0 Å². The molecule has 0 saturated carbocycles. The van der Waals surface area contributed by atoms with Crippen molar-refractivity contribution in [2.75, 3.05) is 13.2 Å². The Bertz CT molecular complexity index is 1160. The minimum Gasteiger partial charge on any atom is -0.726 e. The van der Waals surface area contributed by atoms with Crippen LogP contribution in [0.25, 0.3) is 0 Å². The topological polar surface area (TPSA) is 133 Å². The molecule has 69 heavy (non-hydrogen) atoms. The van der Waals surface area contributed by atoms with E-state index in [9.17, 15) is 25.9 Å². The van der Waals surface area contributed by atoms with Gasteiger partial charge in [0.05, 0.1) is 13.2 Å². The predicted octanol–water partition coefficient (Wildman–Crippen LogP) is 18.9. The van der Waals surface area contributed by atoms with Crippen molar-refractivity contribution in [2.45, 2.75) is 323 Å². The Morgan fingerprint density at radius 1 is 0.319 bits per heavy atom. The van der Waals surface area contributed by atoms with Gasteiger partial charge in [-0.1, -0.05) is 309 Å². The van der Waals surface area contributed by atoms with Crippen molar-refractivity contribution >= 4 is 58.5 Å². The van der Waals surface area contributed by atoms with Crippen molar-refractivity contribution in [3.05, 3.63) is 24.3 Å². The summed E-state index contributed by atoms with van der Waals surface area (Å²) in [4.78, 5) is 0. The molecule has 0 aromatic carbocycles. The SMILES string of the molecule is CCCCCCCCCCC/C=C/C(CCCCCCCCCCCCCC)COS(=O)(=O)[O-].CCCCCCCCCCC/C=C/C(CCCCCCCCCCCCCC)COS(=O)(=O)[O-].[Ca+2]. The van der Waals surface area contributed by atoms with Crippen LogP contribution in [-0.4, -0.2) is 76.9 Å². The quantitative estimate of drug-likeness (QED) is 0.0193. The van der Waals surface area contributed by atoms with Crippen LogP contribution < -0.4 is 0 Å². The fraction of sp³-hybridized carbons (Fsp3) is 0.931. The third-order valence-corrected chi connectivity index (χ3v) is 14.3. The molecule has 0 aliphatic heterocycles. The second kappa shape index (κ2) is 59.4. The molecule has 0 bridgehead atoms. The maximum absolute atomic E-state index is 10.9. The molecule has 0 aromatic rings. The van der Waals surface area contributed by atoms with E-state index in [1.54, 1.807) is 0 Å². The molecule has 2 unspecified atom stereocenters. The Balaban J connectivity index is -0.00000124. The monoisotopic (exact) mass is 1040 g/mol. The largest absolute Gasteiger partial charge is 2.00 e. The van der Waals surface area contributed by atoms with Crippen LogP contribution in [0.15, 0.2) is 24.3 Å². The summed E-state index contributed by atoms with van der Waals surface area (Å²) in [6.07, 6.45) is 67.4. The molecule has 0 fully saturated rings. The molecular weight excluding hydrogens is 929 g/mol. The Kier molecular flexibility index (Phi) is 63.4. The van der Waals surface area contributed by atoms with Gasteiger partial charge in [-0.15, -0.1) is 0 Å². The smallest absolute Gasteiger partial charge is 0.726 e. The molecule has 0 aliphatic carbocycles. The Morgan fingerprint density at radius 2 is 0.507 bits per heavy atom. The molecule has 0 aliphatic rings. The standard InChI is InChI=1S/2C29H58O4S.Ca/c2*1-3-5-7-9-11-13-15-17-19-21-23-25-27-29(28-33-34(30,31)32)26-24-22-20-18-16-14-12-10-8-6-4-2;/h2*24,26,29H,3-23,25,27-28H2,1-2H3,(H,30,31,32);/q;;+2/p-2/b2*26-24+;. The molecule has 0 saturated heterocycles. The van der Waals surface area contributed by atoms with Crippen molar-refractivity contribution in [1.29, 1.82) is 0 Å². The van der Waals surface area contributed by atoms with Crippen molar-refractivity contribution in [2.24, 2.45) is 11.8 Å². The molecule has 0 radical (unpaired) electrons. The van der Waals surface area contributed by atoms with Crippen molar-refractivity contribution < 1.29 is 34.3 Å². The van der Waals surface area contributed by atoms with Crippen LogP contribution in [0.5, 0.6) is 0 Å². The van der Waals surface area contributed by atoms with E-state index in [2.05, 4.69) is 60.4 Å². The van der Waals surface area contributed by atoms with Gasteiger partial charge in [-0.2, -0.15) is 0 Å². The Morgan fingerprint density at radius 3 is 0.710 bits per heavy atom. The fourth-order valence-corrected chi connectivity index (χ4v) is 9.71. The normalized spacial score (nSPS) is 13.0. The summed E-state index contributed by atoms with van der Waals surface area (Å²) in [5, 5.41) is 0. The second-order valence-electron chi connectivity index (χ2n) is 20.4. The molecule has 2 atom stereocenters. The van der Waals surface area contributed by atoms with Gasteiger partial charge >= 0.3 is 37.7 Å². The number of hydrogen-bond acceptors (Lipinski definition) is 8. The maximum atomic E-state index is 10.9. The molecule has 0 heterocycles. The van der Waals surface area contributed by atoms with Gasteiger partial charge < -0.3 is 9.11 Å². The molecule has 0 amide bonds. The van der Waals surface area contributed by atoms with Crippen LogP contribution in [0.2, 0.25) is 0 Å². The molecular formula is C58H114CaO8S2. The maximum Gasteiger partial charge on any atom is 2.00 e. The summed E-state index contributed by atoms with van der Waals surface area (Å²) in [6, 6.07) is 0. The Labute approximate surface area is 461 Å². The van der Waals surface area contributed by atoms with Crippen molar-refractivity contribution in [1.82, 2.24) is 0 Å². The summed E-state index contributed by atoms with van der Waals surface area (Å²) in [5.41, 5.74) is 0. The summed E-state index contributed by atoms with van der Waals surface area (Å²) in [7, 11) is -9.23. The molecule has 0 N–H and O–H groups in total. The minimum absolute atomic E-state index is 0. The van der Waals surface area contributed by atoms with E-state index in [-0.39, 0.29) is 62.8 Å². The first-order valence-electron chi connectivity index (χ1n) is 29.5. The zero-order valence-corrected chi connectivity index (χ0v) is 50.0. The van der Waals surface area contributed by atoms with Crippen LogP contribution in [0.3, 0.4) is 0 Å². The number of unbranched alkanes of at least 4 members (excludes halogenated alkanes) is 40. The van der Waals surface area contributed by atoms with Crippen LogP contribution in [0, 0.1) is 11.8 Å². The van der Waals surface area contributed by atoms with Crippen molar-refractivity contribution in [3.63, 3.8) is 0 Å². The molecule has 408 valence electrons. The zero-order valence-electron chi connectivity index (χ0n) is 46.2. The van der Waals surface area contributed by atoms with Gasteiger partial charge in [-0.25, -0.2) is 16.8 Å². The summed E-state index contributed by atoms with van der Waals surface area (Å²) in [5.74, 6) is 0.0378. The second-order valence-corrected chi connectivity index (χ2v) is 22.5. The van der Waals surface area contributed by atoms with E-state index in [0.29, 0.717) is 0 Å². The van der Waals surface area contributed by atoms with Crippen LogP contribution in [-0.2, 0) is 29.2 Å². The van der Waals surface area contributed by atoms with E-state index < -0.39 is 20.8 Å². The fourth-order valence-electron chi connectivity index (χ4n) is 9.03. The number of allylic oxidation sites excluding steroid dienone is 2. The van der Waals surface area contributed by atoms with Crippen LogP contribution in [0.4, 0.5) is 0 Å². The van der Waals surface area contributed by atoms with E-state index in [1.807, 2.05) is 0 Å². The van der Waals surface area contributed by atoms with Crippen LogP contribution in [0.1, 0.15) is 323 Å². The van der Waals surface area contributed by atoms with Gasteiger partial charge in [0.15, 0.2) is 0 Å². The summed E-state index contributed by atoms with van der Waals surface area (Å²) < 4.78 is 74.3. The number of rotatable bonds is 54. The zero-order chi connectivity index (χ0) is 50.3. The van der Waals surface area contributed by atoms with E-state index in [1.165, 1.54) is 257 Å². The minimum atomic E-state index is -4.61. The third kappa shape index (κ3) is 68.5. The number of hydrogen-bond donors (Lipinski definition) is 0. The Hall–Kier alpha value is 0.480. The molecule has 11 heteroatoms. The molecule has 0 aromatic heterocycles. The van der Waals surface area contributed by atoms with Gasteiger partial charge in [0, 0.05) is 11.8 Å². The molecule has 8 nitrogen and oxygen atoms in total. The average Bonchev–Trinajstić information content (AvgIpc) is 3.30. The first-order chi connectivity index (χ1) is 33.0. The predicted molar refractivity (Wildman–Crippen MR) is 297 cm³/mol. The van der Waals surface area contributed by atoms with Gasteiger partial charge in [0.2, 0.25) is 20.8 Å². The van der Waals surface area contributed by atoms with Gasteiger partial charge in [-0.05, 0) is 38.5 Å². The van der Waals surface area contributed by atoms with Gasteiger partial charge in [-0.3, -0.25) is 8.37 Å². The van der Waals surface area contributed by atoms with Crippen molar-refractivity contribution in [3.8, 4) is 0 Å².